The quantitative estimate of drug-likeness (QED) is 0.179. The molecule has 256 valence electrons. The van der Waals surface area contributed by atoms with E-state index in [1.807, 2.05) is 6.07 Å². The van der Waals surface area contributed by atoms with Crippen LogP contribution in [0.25, 0.3) is 78.4 Å². The van der Waals surface area contributed by atoms with E-state index in [9.17, 15) is 0 Å². The summed E-state index contributed by atoms with van der Waals surface area (Å²) in [5, 5.41) is 0. The van der Waals surface area contributed by atoms with E-state index in [0.29, 0.717) is 5.82 Å². The molecule has 0 saturated carbocycles. The van der Waals surface area contributed by atoms with Crippen molar-refractivity contribution in [3.05, 3.63) is 229 Å². The van der Waals surface area contributed by atoms with Gasteiger partial charge in [0.05, 0.1) is 16.8 Å². The van der Waals surface area contributed by atoms with Crippen LogP contribution in [0.5, 0.6) is 0 Å². The van der Waals surface area contributed by atoms with Crippen molar-refractivity contribution in [3.63, 3.8) is 0 Å². The molecule has 2 aliphatic rings. The van der Waals surface area contributed by atoms with Gasteiger partial charge in [-0.05, 0) is 78.9 Å². The van der Waals surface area contributed by atoms with Gasteiger partial charge >= 0.3 is 0 Å². The molecule has 0 saturated heterocycles. The maximum absolute atomic E-state index is 5.38. The molecule has 0 aliphatic heterocycles. The summed E-state index contributed by atoms with van der Waals surface area (Å²) in [5.74, 6) is 0.700. The summed E-state index contributed by atoms with van der Waals surface area (Å²) in [6, 6.07) is 74.3. The minimum Gasteiger partial charge on any atom is -0.228 e. The van der Waals surface area contributed by atoms with Gasteiger partial charge in [0.25, 0.3) is 0 Å². The molecule has 1 heterocycles. The van der Waals surface area contributed by atoms with Crippen molar-refractivity contribution >= 4 is 0 Å². The molecule has 0 bridgehead atoms. The zero-order chi connectivity index (χ0) is 36.3. The lowest BCUT2D eigenvalue weighted by Crippen LogP contribution is -2.25. The van der Waals surface area contributed by atoms with E-state index in [-0.39, 0.29) is 5.41 Å². The summed E-state index contributed by atoms with van der Waals surface area (Å²) >= 11 is 0. The van der Waals surface area contributed by atoms with E-state index in [1.54, 1.807) is 0 Å². The topological polar surface area (TPSA) is 25.8 Å². The van der Waals surface area contributed by atoms with Gasteiger partial charge in [-0.25, -0.2) is 9.97 Å². The molecule has 0 atom stereocenters. The number of fused-ring (bicyclic) bond motifs is 10. The van der Waals surface area contributed by atoms with E-state index in [1.165, 1.54) is 44.5 Å². The van der Waals surface area contributed by atoms with E-state index < -0.39 is 0 Å². The smallest absolute Gasteiger partial charge is 0.161 e. The van der Waals surface area contributed by atoms with E-state index in [2.05, 4.69) is 200 Å². The van der Waals surface area contributed by atoms with Gasteiger partial charge in [0.1, 0.15) is 0 Å². The summed E-state index contributed by atoms with van der Waals surface area (Å²) in [6.07, 6.45) is 0. The van der Waals surface area contributed by atoms with Crippen LogP contribution in [0, 0.1) is 0 Å². The maximum Gasteiger partial charge on any atom is 0.161 e. The van der Waals surface area contributed by atoms with Gasteiger partial charge in [0.15, 0.2) is 5.82 Å². The monoisotopic (exact) mass is 698 g/mol. The van der Waals surface area contributed by atoms with Crippen LogP contribution in [0.4, 0.5) is 0 Å². The van der Waals surface area contributed by atoms with E-state index in [4.69, 9.17) is 9.97 Å². The van der Waals surface area contributed by atoms with Gasteiger partial charge in [-0.15, -0.1) is 0 Å². The van der Waals surface area contributed by atoms with Crippen LogP contribution in [0.3, 0.4) is 0 Å². The minimum absolute atomic E-state index is 0.370. The Morgan fingerprint density at radius 3 is 1.27 bits per heavy atom. The van der Waals surface area contributed by atoms with Gasteiger partial charge in [-0.1, -0.05) is 194 Å². The predicted molar refractivity (Wildman–Crippen MR) is 226 cm³/mol. The third-order valence-electron chi connectivity index (χ3n) is 11.6. The molecule has 8 aromatic carbocycles. The standard InChI is InChI=1S/C53H34N2/c1-3-17-35(18-4-1)38-21-7-9-26-43(38)51-34-50(36-19-5-2-6-20-36)54-52(55-51)44-27-10-8-22-39(44)37-31-32-49-45(33-37)42-25-13-16-30-48(42)53(49)46-28-14-11-23-40(46)41-24-12-15-29-47(41)53/h1-34H. The first-order chi connectivity index (χ1) is 27.3. The second-order valence-electron chi connectivity index (χ2n) is 14.4. The van der Waals surface area contributed by atoms with Crippen molar-refractivity contribution in [2.45, 2.75) is 5.41 Å². The minimum atomic E-state index is -0.370. The number of rotatable bonds is 5. The number of aromatic nitrogens is 2. The Balaban J connectivity index is 1.11. The highest BCUT2D eigenvalue weighted by Crippen LogP contribution is 2.63. The Hall–Kier alpha value is -7.16. The molecule has 0 amide bonds. The highest BCUT2D eigenvalue weighted by Gasteiger charge is 2.51. The Kier molecular flexibility index (Phi) is 7.11. The van der Waals surface area contributed by atoms with Crippen LogP contribution in [0.1, 0.15) is 22.3 Å². The van der Waals surface area contributed by atoms with Crippen LogP contribution in [-0.2, 0) is 5.41 Å². The Morgan fingerprint density at radius 2 is 0.673 bits per heavy atom. The van der Waals surface area contributed by atoms with Crippen molar-refractivity contribution in [2.75, 3.05) is 0 Å². The third kappa shape index (κ3) is 4.75. The molecule has 55 heavy (non-hydrogen) atoms. The number of benzene rings is 8. The van der Waals surface area contributed by atoms with Crippen molar-refractivity contribution in [2.24, 2.45) is 0 Å². The van der Waals surface area contributed by atoms with Crippen molar-refractivity contribution in [1.82, 2.24) is 9.97 Å². The van der Waals surface area contributed by atoms with Gasteiger partial charge in [0, 0.05) is 16.7 Å². The lowest BCUT2D eigenvalue weighted by Gasteiger charge is -2.30. The Morgan fingerprint density at radius 1 is 0.255 bits per heavy atom. The lowest BCUT2D eigenvalue weighted by atomic mass is 9.70. The van der Waals surface area contributed by atoms with Crippen molar-refractivity contribution in [1.29, 1.82) is 0 Å². The molecule has 0 radical (unpaired) electrons. The highest BCUT2D eigenvalue weighted by atomic mass is 14.9. The van der Waals surface area contributed by atoms with Crippen LogP contribution in [0.2, 0.25) is 0 Å². The molecular formula is C53H34N2. The van der Waals surface area contributed by atoms with Crippen LogP contribution in [-0.4, -0.2) is 9.97 Å². The molecule has 9 aromatic rings. The Labute approximate surface area is 321 Å². The largest absolute Gasteiger partial charge is 0.228 e. The molecule has 1 spiro atoms. The van der Waals surface area contributed by atoms with E-state index >= 15 is 0 Å². The summed E-state index contributed by atoms with van der Waals surface area (Å²) in [7, 11) is 0. The molecule has 0 fully saturated rings. The summed E-state index contributed by atoms with van der Waals surface area (Å²) in [6.45, 7) is 0. The van der Waals surface area contributed by atoms with Gasteiger partial charge < -0.3 is 0 Å². The number of nitrogens with zero attached hydrogens (tertiary/aromatic N) is 2. The third-order valence-corrected chi connectivity index (χ3v) is 11.6. The van der Waals surface area contributed by atoms with Crippen LogP contribution >= 0.6 is 0 Å². The molecule has 0 unspecified atom stereocenters. The normalized spacial score (nSPS) is 12.9. The molecule has 2 nitrogen and oxygen atoms in total. The average Bonchev–Trinajstić information content (AvgIpc) is 3.74. The van der Waals surface area contributed by atoms with Gasteiger partial charge in [0.2, 0.25) is 0 Å². The highest BCUT2D eigenvalue weighted by molar-refractivity contribution is 5.97. The lowest BCUT2D eigenvalue weighted by molar-refractivity contribution is 0.794. The first-order valence-electron chi connectivity index (χ1n) is 18.9. The summed E-state index contributed by atoms with van der Waals surface area (Å²) in [5.41, 5.74) is 19.6. The van der Waals surface area contributed by atoms with Gasteiger partial charge in [-0.3, -0.25) is 0 Å². The Bertz CT molecular complexity index is 2880. The molecule has 1 aromatic heterocycles. The molecule has 2 aliphatic carbocycles. The molecule has 0 N–H and O–H groups in total. The summed E-state index contributed by atoms with van der Waals surface area (Å²) < 4.78 is 0. The SMILES string of the molecule is c1ccc(-c2cc(-c3ccccc3-c3ccccc3)nc(-c3ccccc3-c3ccc4c(c3)-c3ccccc3C43c4ccccc4-c4ccccc43)n2)cc1. The fraction of sp³-hybridized carbons (Fsp3) is 0.0189. The second-order valence-corrected chi connectivity index (χ2v) is 14.4. The average molecular weight is 699 g/mol. The second kappa shape index (κ2) is 12.5. The predicted octanol–water partition coefficient (Wildman–Crippen LogP) is 13.2. The number of hydrogen-bond acceptors (Lipinski definition) is 2. The van der Waals surface area contributed by atoms with Crippen molar-refractivity contribution in [3.8, 4) is 78.4 Å². The fourth-order valence-electron chi connectivity index (χ4n) is 9.24. The van der Waals surface area contributed by atoms with Crippen LogP contribution < -0.4 is 0 Å². The van der Waals surface area contributed by atoms with E-state index in [0.717, 1.165) is 50.3 Å². The summed E-state index contributed by atoms with van der Waals surface area (Å²) in [4.78, 5) is 10.7. The van der Waals surface area contributed by atoms with Crippen LogP contribution in [0.15, 0.2) is 206 Å². The first kappa shape index (κ1) is 31.4. The van der Waals surface area contributed by atoms with Gasteiger partial charge in [-0.2, -0.15) is 0 Å². The zero-order valence-corrected chi connectivity index (χ0v) is 30.0. The molecule has 11 rings (SSSR count). The maximum atomic E-state index is 5.38. The van der Waals surface area contributed by atoms with Crippen molar-refractivity contribution < 1.29 is 0 Å². The molecule has 2 heteroatoms. The number of hydrogen-bond donors (Lipinski definition) is 0. The fourth-order valence-corrected chi connectivity index (χ4v) is 9.24. The molecular weight excluding hydrogens is 665 g/mol. The first-order valence-corrected chi connectivity index (χ1v) is 18.9. The zero-order valence-electron chi connectivity index (χ0n) is 30.0.